The first kappa shape index (κ1) is 11.3. The summed E-state index contributed by atoms with van der Waals surface area (Å²) in [6.07, 6.45) is 2.94. The molecule has 0 aliphatic carbocycles. The minimum absolute atomic E-state index is 0.249. The fourth-order valence-corrected chi connectivity index (χ4v) is 1.96. The van der Waals surface area contributed by atoms with Crippen LogP contribution in [0.2, 0.25) is 0 Å². The number of aliphatic hydroxyl groups is 1. The second-order valence-corrected chi connectivity index (χ2v) is 3.73. The molecule has 0 aliphatic rings. The third-order valence-electron chi connectivity index (χ3n) is 2.78. The summed E-state index contributed by atoms with van der Waals surface area (Å²) >= 11 is 0. The minimum Gasteiger partial charge on any atom is -0.396 e. The van der Waals surface area contributed by atoms with Crippen molar-refractivity contribution in [3.05, 3.63) is 34.4 Å². The highest BCUT2D eigenvalue weighted by molar-refractivity contribution is 5.39. The van der Waals surface area contributed by atoms with Gasteiger partial charge in [-0.1, -0.05) is 26.0 Å². The number of rotatable bonds is 4. The first-order chi connectivity index (χ1) is 6.72. The fourth-order valence-electron chi connectivity index (χ4n) is 1.96. The van der Waals surface area contributed by atoms with Gasteiger partial charge in [0, 0.05) is 6.61 Å². The summed E-state index contributed by atoms with van der Waals surface area (Å²) in [5, 5.41) is 8.99. The SMILES string of the molecule is CCc1cc(C)c(CCO)c(CC)c1. The smallest absolute Gasteiger partial charge is 0.0471 e. The van der Waals surface area contributed by atoms with Gasteiger partial charge in [0.1, 0.15) is 0 Å². The van der Waals surface area contributed by atoms with E-state index in [1.807, 2.05) is 0 Å². The van der Waals surface area contributed by atoms with Crippen LogP contribution in [-0.2, 0) is 19.3 Å². The Morgan fingerprint density at radius 3 is 2.36 bits per heavy atom. The van der Waals surface area contributed by atoms with Crippen molar-refractivity contribution in [3.63, 3.8) is 0 Å². The van der Waals surface area contributed by atoms with Crippen LogP contribution in [0.1, 0.15) is 36.1 Å². The molecule has 14 heavy (non-hydrogen) atoms. The number of hydrogen-bond acceptors (Lipinski definition) is 1. The molecule has 1 aromatic rings. The van der Waals surface area contributed by atoms with E-state index in [1.165, 1.54) is 22.3 Å². The molecule has 1 N–H and O–H groups in total. The molecular weight excluding hydrogens is 172 g/mol. The maximum Gasteiger partial charge on any atom is 0.0471 e. The van der Waals surface area contributed by atoms with Gasteiger partial charge in [-0.25, -0.2) is 0 Å². The van der Waals surface area contributed by atoms with Crippen molar-refractivity contribution in [2.45, 2.75) is 40.0 Å². The fraction of sp³-hybridized carbons (Fsp3) is 0.538. The van der Waals surface area contributed by atoms with Gasteiger partial charge in [-0.05, 0) is 48.4 Å². The number of benzene rings is 1. The second-order valence-electron chi connectivity index (χ2n) is 3.73. The predicted octanol–water partition coefficient (Wildman–Crippen LogP) is 2.65. The van der Waals surface area contributed by atoms with Crippen LogP contribution in [0.15, 0.2) is 12.1 Å². The molecule has 0 atom stereocenters. The summed E-state index contributed by atoms with van der Waals surface area (Å²) in [7, 11) is 0. The van der Waals surface area contributed by atoms with Crippen LogP contribution in [0.25, 0.3) is 0 Å². The van der Waals surface area contributed by atoms with Crippen LogP contribution in [-0.4, -0.2) is 11.7 Å². The molecule has 0 amide bonds. The van der Waals surface area contributed by atoms with Crippen LogP contribution < -0.4 is 0 Å². The van der Waals surface area contributed by atoms with E-state index in [4.69, 9.17) is 5.11 Å². The Labute approximate surface area is 86.8 Å². The van der Waals surface area contributed by atoms with Gasteiger partial charge in [0.05, 0.1) is 0 Å². The van der Waals surface area contributed by atoms with Crippen LogP contribution >= 0.6 is 0 Å². The zero-order valence-electron chi connectivity index (χ0n) is 9.43. The largest absolute Gasteiger partial charge is 0.396 e. The lowest BCUT2D eigenvalue weighted by Crippen LogP contribution is -2.01. The summed E-state index contributed by atoms with van der Waals surface area (Å²) in [5.74, 6) is 0. The molecule has 0 radical (unpaired) electrons. The molecule has 0 aromatic heterocycles. The molecule has 0 unspecified atom stereocenters. The Hall–Kier alpha value is -0.820. The molecule has 0 bridgehead atoms. The Kier molecular flexibility index (Phi) is 4.15. The lowest BCUT2D eigenvalue weighted by Gasteiger charge is -2.12. The Morgan fingerprint density at radius 2 is 1.86 bits per heavy atom. The molecule has 0 fully saturated rings. The second kappa shape index (κ2) is 5.16. The van der Waals surface area contributed by atoms with Gasteiger partial charge in [0.25, 0.3) is 0 Å². The average molecular weight is 192 g/mol. The minimum atomic E-state index is 0.249. The summed E-state index contributed by atoms with van der Waals surface area (Å²) in [6.45, 7) is 6.75. The summed E-state index contributed by atoms with van der Waals surface area (Å²) in [6, 6.07) is 4.52. The maximum atomic E-state index is 8.99. The monoisotopic (exact) mass is 192 g/mol. The van der Waals surface area contributed by atoms with E-state index < -0.39 is 0 Å². The highest BCUT2D eigenvalue weighted by Crippen LogP contribution is 2.19. The topological polar surface area (TPSA) is 20.2 Å². The van der Waals surface area contributed by atoms with E-state index >= 15 is 0 Å². The van der Waals surface area contributed by atoms with Crippen LogP contribution in [0.3, 0.4) is 0 Å². The van der Waals surface area contributed by atoms with Gasteiger partial charge in [-0.2, -0.15) is 0 Å². The van der Waals surface area contributed by atoms with E-state index in [9.17, 15) is 0 Å². The van der Waals surface area contributed by atoms with Crippen molar-refractivity contribution in [2.24, 2.45) is 0 Å². The molecular formula is C13H20O. The lowest BCUT2D eigenvalue weighted by atomic mass is 9.94. The number of aliphatic hydroxyl groups excluding tert-OH is 1. The number of aryl methyl sites for hydroxylation is 3. The molecule has 0 saturated heterocycles. The van der Waals surface area contributed by atoms with Crippen molar-refractivity contribution < 1.29 is 5.11 Å². The zero-order chi connectivity index (χ0) is 10.6. The quantitative estimate of drug-likeness (QED) is 0.777. The van der Waals surface area contributed by atoms with Crippen molar-refractivity contribution in [2.75, 3.05) is 6.61 Å². The molecule has 0 saturated carbocycles. The highest BCUT2D eigenvalue weighted by Gasteiger charge is 2.05. The van der Waals surface area contributed by atoms with Crippen LogP contribution in [0.4, 0.5) is 0 Å². The maximum absolute atomic E-state index is 8.99. The van der Waals surface area contributed by atoms with Gasteiger partial charge in [0.2, 0.25) is 0 Å². The molecule has 1 aromatic carbocycles. The molecule has 78 valence electrons. The molecule has 0 aliphatic heterocycles. The van der Waals surface area contributed by atoms with Crippen molar-refractivity contribution >= 4 is 0 Å². The molecule has 0 spiro atoms. The normalized spacial score (nSPS) is 10.6. The van der Waals surface area contributed by atoms with Gasteiger partial charge >= 0.3 is 0 Å². The van der Waals surface area contributed by atoms with Crippen LogP contribution in [0, 0.1) is 6.92 Å². The average Bonchev–Trinajstić information content (AvgIpc) is 2.20. The third kappa shape index (κ3) is 2.36. The van der Waals surface area contributed by atoms with Gasteiger partial charge in [0.15, 0.2) is 0 Å². The summed E-state index contributed by atoms with van der Waals surface area (Å²) in [4.78, 5) is 0. The number of hydrogen-bond donors (Lipinski definition) is 1. The van der Waals surface area contributed by atoms with Crippen molar-refractivity contribution in [1.82, 2.24) is 0 Å². The van der Waals surface area contributed by atoms with Crippen LogP contribution in [0.5, 0.6) is 0 Å². The molecule has 1 nitrogen and oxygen atoms in total. The van der Waals surface area contributed by atoms with Gasteiger partial charge in [-0.15, -0.1) is 0 Å². The molecule has 1 heteroatoms. The molecule has 0 heterocycles. The Bertz CT molecular complexity index is 302. The summed E-state index contributed by atoms with van der Waals surface area (Å²) in [5.41, 5.74) is 5.47. The molecule has 1 rings (SSSR count). The van der Waals surface area contributed by atoms with Gasteiger partial charge < -0.3 is 5.11 Å². The lowest BCUT2D eigenvalue weighted by molar-refractivity contribution is 0.299. The predicted molar refractivity (Wildman–Crippen MR) is 60.7 cm³/mol. The third-order valence-corrected chi connectivity index (χ3v) is 2.78. The highest BCUT2D eigenvalue weighted by atomic mass is 16.2. The Balaban J connectivity index is 3.13. The van der Waals surface area contributed by atoms with Gasteiger partial charge in [-0.3, -0.25) is 0 Å². The van der Waals surface area contributed by atoms with E-state index in [0.29, 0.717) is 0 Å². The Morgan fingerprint density at radius 1 is 1.14 bits per heavy atom. The van der Waals surface area contributed by atoms with Crippen molar-refractivity contribution in [1.29, 1.82) is 0 Å². The zero-order valence-corrected chi connectivity index (χ0v) is 9.43. The standard InChI is InChI=1S/C13H20O/c1-4-11-8-10(3)13(6-7-14)12(5-2)9-11/h8-9,14H,4-7H2,1-3H3. The first-order valence-corrected chi connectivity index (χ1v) is 5.45. The van der Waals surface area contributed by atoms with E-state index in [2.05, 4.69) is 32.9 Å². The summed E-state index contributed by atoms with van der Waals surface area (Å²) < 4.78 is 0. The van der Waals surface area contributed by atoms with Crippen molar-refractivity contribution in [3.8, 4) is 0 Å². The van der Waals surface area contributed by atoms with E-state index in [0.717, 1.165) is 19.3 Å². The van der Waals surface area contributed by atoms with E-state index in [1.54, 1.807) is 0 Å². The van der Waals surface area contributed by atoms with E-state index in [-0.39, 0.29) is 6.61 Å². The first-order valence-electron chi connectivity index (χ1n) is 5.45.